The van der Waals surface area contributed by atoms with Crippen LogP contribution in [0.1, 0.15) is 68.1 Å². The van der Waals surface area contributed by atoms with E-state index in [-0.39, 0.29) is 22.9 Å². The molecule has 0 bridgehead atoms. The molecule has 0 spiro atoms. The lowest BCUT2D eigenvalue weighted by atomic mass is 9.96. The minimum atomic E-state index is -3.57. The first-order valence-electron chi connectivity index (χ1n) is 8.98. The van der Waals surface area contributed by atoms with Gasteiger partial charge in [0.1, 0.15) is 0 Å². The highest BCUT2D eigenvalue weighted by Gasteiger charge is 2.23. The van der Waals surface area contributed by atoms with Crippen LogP contribution >= 0.6 is 0 Å². The van der Waals surface area contributed by atoms with Gasteiger partial charge in [-0.3, -0.25) is 4.79 Å². The molecule has 0 atom stereocenters. The van der Waals surface area contributed by atoms with Crippen LogP contribution in [0.5, 0.6) is 0 Å². The number of carbonyl (C=O) groups excluding carboxylic acids is 1. The van der Waals surface area contributed by atoms with E-state index in [0.717, 1.165) is 51.4 Å². The summed E-state index contributed by atoms with van der Waals surface area (Å²) in [5.41, 5.74) is 0.411. The maximum absolute atomic E-state index is 12.6. The first-order valence-corrected chi connectivity index (χ1v) is 10.5. The van der Waals surface area contributed by atoms with Gasteiger partial charge in [0.05, 0.1) is 4.90 Å². The summed E-state index contributed by atoms with van der Waals surface area (Å²) < 4.78 is 27.9. The molecule has 6 heteroatoms. The van der Waals surface area contributed by atoms with Gasteiger partial charge in [0.2, 0.25) is 10.0 Å². The molecule has 1 amide bonds. The second-order valence-electron chi connectivity index (χ2n) is 6.94. The number of sulfonamides is 1. The fourth-order valence-corrected chi connectivity index (χ4v) is 5.00. The molecule has 5 nitrogen and oxygen atoms in total. The van der Waals surface area contributed by atoms with Crippen LogP contribution in [0.3, 0.4) is 0 Å². The van der Waals surface area contributed by atoms with Gasteiger partial charge in [-0.05, 0) is 43.9 Å². The van der Waals surface area contributed by atoms with Gasteiger partial charge in [0.25, 0.3) is 5.91 Å². The molecule has 132 valence electrons. The molecular weight excluding hydrogens is 324 g/mol. The third kappa shape index (κ3) is 4.36. The van der Waals surface area contributed by atoms with E-state index in [1.807, 2.05) is 0 Å². The predicted octanol–water partition coefficient (Wildman–Crippen LogP) is 2.97. The molecule has 1 aromatic rings. The summed E-state index contributed by atoms with van der Waals surface area (Å²) in [7, 11) is -3.57. The fraction of sp³-hybridized carbons (Fsp3) is 0.611. The number of rotatable bonds is 5. The predicted molar refractivity (Wildman–Crippen MR) is 93.4 cm³/mol. The molecule has 2 aliphatic carbocycles. The normalized spacial score (nSPS) is 20.2. The molecule has 2 aliphatic rings. The zero-order valence-electron chi connectivity index (χ0n) is 14.0. The molecule has 1 aromatic carbocycles. The van der Waals surface area contributed by atoms with Crippen LogP contribution in [-0.4, -0.2) is 26.4 Å². The molecule has 0 unspecified atom stereocenters. The van der Waals surface area contributed by atoms with Gasteiger partial charge >= 0.3 is 0 Å². The molecule has 2 N–H and O–H groups in total. The summed E-state index contributed by atoms with van der Waals surface area (Å²) >= 11 is 0. The Morgan fingerprint density at radius 1 is 0.917 bits per heavy atom. The van der Waals surface area contributed by atoms with Crippen LogP contribution < -0.4 is 10.0 Å². The van der Waals surface area contributed by atoms with Crippen molar-refractivity contribution in [1.82, 2.24) is 10.0 Å². The summed E-state index contributed by atoms with van der Waals surface area (Å²) in [4.78, 5) is 12.5. The van der Waals surface area contributed by atoms with E-state index in [9.17, 15) is 13.2 Å². The van der Waals surface area contributed by atoms with E-state index in [0.29, 0.717) is 5.56 Å². The molecule has 3 rings (SSSR count). The highest BCUT2D eigenvalue weighted by atomic mass is 32.2. The Kier molecular flexibility index (Phi) is 5.56. The van der Waals surface area contributed by atoms with E-state index in [1.54, 1.807) is 18.2 Å². The monoisotopic (exact) mass is 350 g/mol. The van der Waals surface area contributed by atoms with Crippen molar-refractivity contribution in [3.05, 3.63) is 29.8 Å². The van der Waals surface area contributed by atoms with Crippen molar-refractivity contribution in [3.63, 3.8) is 0 Å². The van der Waals surface area contributed by atoms with Crippen molar-refractivity contribution in [3.8, 4) is 0 Å². The summed E-state index contributed by atoms with van der Waals surface area (Å²) in [5.74, 6) is -0.184. The Balaban J connectivity index is 1.70. The summed E-state index contributed by atoms with van der Waals surface area (Å²) in [6.07, 6.45) is 9.39. The number of nitrogens with one attached hydrogen (secondary N) is 2. The lowest BCUT2D eigenvalue weighted by molar-refractivity contribution is 0.0937. The van der Waals surface area contributed by atoms with E-state index in [4.69, 9.17) is 0 Å². The largest absolute Gasteiger partial charge is 0.349 e. The zero-order chi connectivity index (χ0) is 17.0. The number of amides is 1. The second kappa shape index (κ2) is 7.66. The molecule has 0 saturated heterocycles. The van der Waals surface area contributed by atoms with Gasteiger partial charge in [-0.15, -0.1) is 0 Å². The lowest BCUT2D eigenvalue weighted by Gasteiger charge is -2.22. The highest BCUT2D eigenvalue weighted by Crippen LogP contribution is 2.21. The van der Waals surface area contributed by atoms with Gasteiger partial charge in [-0.1, -0.05) is 38.2 Å². The van der Waals surface area contributed by atoms with Crippen molar-refractivity contribution < 1.29 is 13.2 Å². The average molecular weight is 350 g/mol. The van der Waals surface area contributed by atoms with E-state index >= 15 is 0 Å². The van der Waals surface area contributed by atoms with Crippen LogP contribution in [-0.2, 0) is 10.0 Å². The van der Waals surface area contributed by atoms with Crippen molar-refractivity contribution in [2.45, 2.75) is 74.8 Å². The number of hydrogen-bond acceptors (Lipinski definition) is 3. The van der Waals surface area contributed by atoms with Gasteiger partial charge < -0.3 is 5.32 Å². The SMILES string of the molecule is O=C(NC1CCCC1)c1cccc(S(=O)(=O)NC2CCCCC2)c1. The summed E-state index contributed by atoms with van der Waals surface area (Å²) in [6.45, 7) is 0. The molecule has 2 fully saturated rings. The van der Waals surface area contributed by atoms with Crippen LogP contribution in [0.25, 0.3) is 0 Å². The van der Waals surface area contributed by atoms with Gasteiger partial charge in [-0.2, -0.15) is 0 Å². The molecule has 0 aromatic heterocycles. The molecule has 0 aliphatic heterocycles. The van der Waals surface area contributed by atoms with E-state index in [2.05, 4.69) is 10.0 Å². The maximum Gasteiger partial charge on any atom is 0.251 e. The number of hydrogen-bond donors (Lipinski definition) is 2. The van der Waals surface area contributed by atoms with Crippen LogP contribution in [0.15, 0.2) is 29.2 Å². The van der Waals surface area contributed by atoms with E-state index in [1.165, 1.54) is 12.5 Å². The van der Waals surface area contributed by atoms with Gasteiger partial charge in [0.15, 0.2) is 0 Å². The fourth-order valence-electron chi connectivity index (χ4n) is 3.65. The Morgan fingerprint density at radius 2 is 1.54 bits per heavy atom. The number of carbonyl (C=O) groups is 1. The minimum Gasteiger partial charge on any atom is -0.349 e. The molecule has 2 saturated carbocycles. The Morgan fingerprint density at radius 3 is 2.25 bits per heavy atom. The smallest absolute Gasteiger partial charge is 0.251 e. The average Bonchev–Trinajstić information content (AvgIpc) is 3.08. The zero-order valence-corrected chi connectivity index (χ0v) is 14.8. The van der Waals surface area contributed by atoms with Crippen LogP contribution in [0.4, 0.5) is 0 Å². The lowest BCUT2D eigenvalue weighted by Crippen LogP contribution is -2.36. The standard InChI is InChI=1S/C18H26N2O3S/c21-18(19-15-8-4-5-9-15)14-7-6-12-17(13-14)24(22,23)20-16-10-2-1-3-11-16/h6-7,12-13,15-16,20H,1-5,8-11H2,(H,19,21). The Hall–Kier alpha value is -1.40. The summed E-state index contributed by atoms with van der Waals surface area (Å²) in [5, 5.41) is 3.00. The van der Waals surface area contributed by atoms with Crippen molar-refractivity contribution >= 4 is 15.9 Å². The highest BCUT2D eigenvalue weighted by molar-refractivity contribution is 7.89. The molecular formula is C18H26N2O3S. The third-order valence-corrected chi connectivity index (χ3v) is 6.54. The quantitative estimate of drug-likeness (QED) is 0.857. The van der Waals surface area contributed by atoms with Crippen molar-refractivity contribution in [1.29, 1.82) is 0 Å². The second-order valence-corrected chi connectivity index (χ2v) is 8.65. The first-order chi connectivity index (χ1) is 11.5. The van der Waals surface area contributed by atoms with Crippen LogP contribution in [0, 0.1) is 0 Å². The topological polar surface area (TPSA) is 75.3 Å². The maximum atomic E-state index is 12.6. The Bertz CT molecular complexity index is 675. The molecule has 0 radical (unpaired) electrons. The first kappa shape index (κ1) is 17.4. The molecule has 0 heterocycles. The number of benzene rings is 1. The third-order valence-electron chi connectivity index (χ3n) is 5.02. The van der Waals surface area contributed by atoms with Crippen LogP contribution in [0.2, 0.25) is 0 Å². The Labute approximate surface area is 144 Å². The van der Waals surface area contributed by atoms with Crippen molar-refractivity contribution in [2.24, 2.45) is 0 Å². The van der Waals surface area contributed by atoms with Crippen molar-refractivity contribution in [2.75, 3.05) is 0 Å². The minimum absolute atomic E-state index is 0.0136. The van der Waals surface area contributed by atoms with Gasteiger partial charge in [-0.25, -0.2) is 13.1 Å². The van der Waals surface area contributed by atoms with Gasteiger partial charge in [0, 0.05) is 17.6 Å². The van der Waals surface area contributed by atoms with E-state index < -0.39 is 10.0 Å². The summed E-state index contributed by atoms with van der Waals surface area (Å²) in [6, 6.07) is 6.58. The molecule has 24 heavy (non-hydrogen) atoms.